The number of hydrogen-bond acceptors (Lipinski definition) is 5. The van der Waals surface area contributed by atoms with Gasteiger partial charge in [-0.15, -0.1) is 0 Å². The van der Waals surface area contributed by atoms with Crippen LogP contribution in [0.5, 0.6) is 0 Å². The average molecular weight is 291 g/mol. The van der Waals surface area contributed by atoms with Gasteiger partial charge in [0.15, 0.2) is 0 Å². The van der Waals surface area contributed by atoms with Gasteiger partial charge >= 0.3 is 0 Å². The van der Waals surface area contributed by atoms with E-state index in [-0.39, 0.29) is 6.04 Å². The lowest BCUT2D eigenvalue weighted by atomic mass is 10.1. The molecule has 0 aromatic carbocycles. The minimum atomic E-state index is -0.185. The van der Waals surface area contributed by atoms with Gasteiger partial charge in [-0.05, 0) is 36.2 Å². The number of hydrogen-bond donors (Lipinski definition) is 1. The van der Waals surface area contributed by atoms with Crippen LogP contribution in [0.3, 0.4) is 0 Å². The largest absolute Gasteiger partial charge is 0.340 e. The van der Waals surface area contributed by atoms with Crippen LogP contribution in [0, 0.1) is 0 Å². The molecule has 0 atom stereocenters. The second-order valence-corrected chi connectivity index (χ2v) is 4.86. The third-order valence-corrected chi connectivity index (χ3v) is 3.35. The molecule has 0 saturated carbocycles. The van der Waals surface area contributed by atoms with E-state index in [0.717, 1.165) is 23.4 Å². The molecule has 0 amide bonds. The van der Waals surface area contributed by atoms with Crippen molar-refractivity contribution in [3.8, 4) is 0 Å². The van der Waals surface area contributed by atoms with Crippen molar-refractivity contribution < 1.29 is 0 Å². The molecular formula is C17H17N5. The van der Waals surface area contributed by atoms with Gasteiger partial charge < -0.3 is 5.32 Å². The summed E-state index contributed by atoms with van der Waals surface area (Å²) >= 11 is 0. The fourth-order valence-corrected chi connectivity index (χ4v) is 2.13. The molecule has 3 rings (SSSR count). The zero-order valence-electron chi connectivity index (χ0n) is 12.3. The predicted octanol–water partition coefficient (Wildman–Crippen LogP) is 3.03. The van der Waals surface area contributed by atoms with Crippen molar-refractivity contribution in [2.45, 2.75) is 19.4 Å². The van der Waals surface area contributed by atoms with E-state index in [4.69, 9.17) is 0 Å². The third-order valence-electron chi connectivity index (χ3n) is 3.35. The Balaban J connectivity index is 1.91. The van der Waals surface area contributed by atoms with E-state index in [1.165, 1.54) is 0 Å². The van der Waals surface area contributed by atoms with Crippen LogP contribution in [0.15, 0.2) is 61.2 Å². The first-order valence-electron chi connectivity index (χ1n) is 7.26. The van der Waals surface area contributed by atoms with Gasteiger partial charge in [-0.25, -0.2) is 9.97 Å². The molecule has 5 nitrogen and oxygen atoms in total. The Hall–Kier alpha value is -2.82. The van der Waals surface area contributed by atoms with Crippen molar-refractivity contribution >= 4 is 5.95 Å². The van der Waals surface area contributed by atoms with Crippen molar-refractivity contribution in [1.29, 1.82) is 0 Å². The number of nitrogens with one attached hydrogen (secondary N) is 1. The zero-order chi connectivity index (χ0) is 15.2. The van der Waals surface area contributed by atoms with Crippen LogP contribution >= 0.6 is 0 Å². The van der Waals surface area contributed by atoms with Gasteiger partial charge in [0.2, 0.25) is 5.95 Å². The molecule has 3 aromatic rings. The van der Waals surface area contributed by atoms with Crippen molar-refractivity contribution in [1.82, 2.24) is 19.9 Å². The van der Waals surface area contributed by atoms with Crippen LogP contribution in [-0.2, 0) is 6.42 Å². The molecule has 0 bridgehead atoms. The first-order chi connectivity index (χ1) is 10.9. The molecule has 0 aliphatic heterocycles. The molecule has 0 radical (unpaired) electrons. The molecule has 5 heteroatoms. The van der Waals surface area contributed by atoms with Crippen LogP contribution in [0.1, 0.15) is 29.9 Å². The van der Waals surface area contributed by atoms with Gasteiger partial charge in [-0.2, -0.15) is 0 Å². The summed E-state index contributed by atoms with van der Waals surface area (Å²) in [5, 5.41) is 3.32. The highest BCUT2D eigenvalue weighted by Crippen LogP contribution is 2.21. The zero-order valence-corrected chi connectivity index (χ0v) is 12.3. The van der Waals surface area contributed by atoms with Crippen LogP contribution in [0.2, 0.25) is 0 Å². The van der Waals surface area contributed by atoms with Crippen LogP contribution in [-0.4, -0.2) is 19.9 Å². The second kappa shape index (κ2) is 6.76. The first kappa shape index (κ1) is 14.1. The SMILES string of the molecule is CCc1cnc(NC(c2ccccn2)c2ccccn2)nc1. The standard InChI is InChI=1S/C17H17N5/c1-2-13-11-20-17(21-12-13)22-16(14-7-3-5-9-18-14)15-8-4-6-10-19-15/h3-12,16H,2H2,1H3,(H,20,21,22). The van der Waals surface area contributed by atoms with E-state index < -0.39 is 0 Å². The highest BCUT2D eigenvalue weighted by molar-refractivity contribution is 5.35. The van der Waals surface area contributed by atoms with Gasteiger partial charge in [0.25, 0.3) is 0 Å². The topological polar surface area (TPSA) is 63.6 Å². The molecule has 0 saturated heterocycles. The highest BCUT2D eigenvalue weighted by atomic mass is 15.1. The highest BCUT2D eigenvalue weighted by Gasteiger charge is 2.17. The summed E-state index contributed by atoms with van der Waals surface area (Å²) in [6.07, 6.45) is 8.14. The molecule has 3 aromatic heterocycles. The molecule has 3 heterocycles. The van der Waals surface area contributed by atoms with Gasteiger partial charge in [-0.1, -0.05) is 19.1 Å². The van der Waals surface area contributed by atoms with Crippen molar-refractivity contribution in [3.05, 3.63) is 78.1 Å². The lowest BCUT2D eigenvalue weighted by Crippen LogP contribution is -2.16. The van der Waals surface area contributed by atoms with Crippen LogP contribution in [0.25, 0.3) is 0 Å². The number of rotatable bonds is 5. The Labute approximate surface area is 129 Å². The summed E-state index contributed by atoms with van der Waals surface area (Å²) in [5.74, 6) is 0.568. The maximum absolute atomic E-state index is 4.43. The molecule has 0 spiro atoms. The van der Waals surface area contributed by atoms with Gasteiger partial charge in [-0.3, -0.25) is 9.97 Å². The quantitative estimate of drug-likeness (QED) is 0.783. The Bertz CT molecular complexity index is 659. The van der Waals surface area contributed by atoms with Crippen LogP contribution < -0.4 is 5.32 Å². The summed E-state index contributed by atoms with van der Waals surface area (Å²) in [4.78, 5) is 17.6. The number of nitrogens with zero attached hydrogens (tertiary/aromatic N) is 4. The Morgan fingerprint density at radius 1 is 0.864 bits per heavy atom. The lowest BCUT2D eigenvalue weighted by molar-refractivity contribution is 0.828. The third kappa shape index (κ3) is 3.25. The van der Waals surface area contributed by atoms with E-state index in [1.54, 1.807) is 12.4 Å². The van der Waals surface area contributed by atoms with Gasteiger partial charge in [0.1, 0.15) is 6.04 Å². The van der Waals surface area contributed by atoms with E-state index in [2.05, 4.69) is 32.2 Å². The minimum absolute atomic E-state index is 0.185. The molecule has 110 valence electrons. The average Bonchev–Trinajstić information content (AvgIpc) is 2.62. The first-order valence-corrected chi connectivity index (χ1v) is 7.26. The summed E-state index contributed by atoms with van der Waals surface area (Å²) in [6, 6.07) is 11.5. The molecule has 0 aliphatic rings. The van der Waals surface area contributed by atoms with E-state index in [9.17, 15) is 0 Å². The lowest BCUT2D eigenvalue weighted by Gasteiger charge is -2.17. The fraction of sp³-hybridized carbons (Fsp3) is 0.176. The Morgan fingerprint density at radius 2 is 1.45 bits per heavy atom. The van der Waals surface area contributed by atoms with E-state index in [0.29, 0.717) is 5.95 Å². The normalized spacial score (nSPS) is 10.6. The van der Waals surface area contributed by atoms with Crippen molar-refractivity contribution in [2.75, 3.05) is 5.32 Å². The fourth-order valence-electron chi connectivity index (χ4n) is 2.13. The van der Waals surface area contributed by atoms with E-state index >= 15 is 0 Å². The number of anilines is 1. The minimum Gasteiger partial charge on any atom is -0.340 e. The second-order valence-electron chi connectivity index (χ2n) is 4.86. The summed E-state index contributed by atoms with van der Waals surface area (Å²) in [5.41, 5.74) is 2.87. The van der Waals surface area contributed by atoms with Crippen molar-refractivity contribution in [2.24, 2.45) is 0 Å². The predicted molar refractivity (Wildman–Crippen MR) is 85.3 cm³/mol. The van der Waals surface area contributed by atoms with Crippen molar-refractivity contribution in [3.63, 3.8) is 0 Å². The number of pyridine rings is 2. The maximum atomic E-state index is 4.43. The summed E-state index contributed by atoms with van der Waals surface area (Å²) in [6.45, 7) is 2.08. The molecule has 0 unspecified atom stereocenters. The monoisotopic (exact) mass is 291 g/mol. The number of aryl methyl sites for hydroxylation is 1. The summed E-state index contributed by atoms with van der Waals surface area (Å²) in [7, 11) is 0. The van der Waals surface area contributed by atoms with E-state index in [1.807, 2.05) is 48.8 Å². The Kier molecular flexibility index (Phi) is 4.34. The molecule has 1 N–H and O–H groups in total. The maximum Gasteiger partial charge on any atom is 0.223 e. The molecule has 0 fully saturated rings. The molecular weight excluding hydrogens is 274 g/mol. The van der Waals surface area contributed by atoms with Gasteiger partial charge in [0.05, 0.1) is 11.4 Å². The Morgan fingerprint density at radius 3 is 1.91 bits per heavy atom. The summed E-state index contributed by atoms with van der Waals surface area (Å²) < 4.78 is 0. The molecule has 22 heavy (non-hydrogen) atoms. The number of aromatic nitrogens is 4. The van der Waals surface area contributed by atoms with Gasteiger partial charge in [0, 0.05) is 24.8 Å². The smallest absolute Gasteiger partial charge is 0.223 e. The van der Waals surface area contributed by atoms with Crippen LogP contribution in [0.4, 0.5) is 5.95 Å². The molecule has 0 aliphatic carbocycles.